The molecule has 3 N–H and O–H groups in total. The molecule has 5 nitrogen and oxygen atoms in total. The molecule has 0 spiro atoms. The summed E-state index contributed by atoms with van der Waals surface area (Å²) >= 11 is 0. The van der Waals surface area contributed by atoms with Gasteiger partial charge < -0.3 is 16.3 Å². The fraction of sp³-hybridized carbons (Fsp3) is 0.667. The fourth-order valence-corrected chi connectivity index (χ4v) is 1.66. The molecule has 17 heavy (non-hydrogen) atoms. The van der Waals surface area contributed by atoms with Crippen LogP contribution >= 0.6 is 0 Å². The van der Waals surface area contributed by atoms with Crippen LogP contribution in [0.5, 0.6) is 0 Å². The minimum absolute atomic E-state index is 0.0972. The maximum atomic E-state index is 11.3. The molecule has 1 unspecified atom stereocenters. The second-order valence-corrected chi connectivity index (χ2v) is 4.28. The minimum Gasteiger partial charge on any atom is -0.740 e. The number of hydrogen-bond donors (Lipinski definition) is 2. The summed E-state index contributed by atoms with van der Waals surface area (Å²) in [5, 5.41) is 14.3. The fourth-order valence-electron chi connectivity index (χ4n) is 1.66. The van der Waals surface area contributed by atoms with E-state index in [0.717, 1.165) is 12.8 Å². The van der Waals surface area contributed by atoms with Gasteiger partial charge in [0.25, 0.3) is 0 Å². The normalized spacial score (nSPS) is 12.4. The van der Waals surface area contributed by atoms with Crippen LogP contribution in [0.3, 0.4) is 0 Å². The predicted octanol–water partition coefficient (Wildman–Crippen LogP) is 1.42. The van der Waals surface area contributed by atoms with E-state index in [-0.39, 0.29) is 6.04 Å². The van der Waals surface area contributed by atoms with Gasteiger partial charge in [0.05, 0.1) is 6.54 Å². The summed E-state index contributed by atoms with van der Waals surface area (Å²) in [6.07, 6.45) is 8.71. The van der Waals surface area contributed by atoms with E-state index >= 15 is 0 Å². The molecule has 0 radical (unpaired) electrons. The third-order valence-corrected chi connectivity index (χ3v) is 2.70. The molecule has 5 heteroatoms. The van der Waals surface area contributed by atoms with E-state index in [1.807, 2.05) is 0 Å². The summed E-state index contributed by atoms with van der Waals surface area (Å²) in [4.78, 5) is 3.72. The van der Waals surface area contributed by atoms with Gasteiger partial charge in [-0.05, 0) is 6.42 Å². The minimum atomic E-state index is 0.0972. The Hall–Kier alpha value is -1.36. The average molecular weight is 238 g/mol. The number of anilines is 1. The first kappa shape index (κ1) is 13.7. The number of unbranched alkanes of at least 4 members (excludes halogenated alkanes) is 3. The van der Waals surface area contributed by atoms with Gasteiger partial charge >= 0.3 is 0 Å². The highest BCUT2D eigenvalue weighted by Crippen LogP contribution is 2.05. The smallest absolute Gasteiger partial charge is 0.225 e. The molecule has 1 heterocycles. The largest absolute Gasteiger partial charge is 0.740 e. The number of rotatable bonds is 8. The summed E-state index contributed by atoms with van der Waals surface area (Å²) in [6, 6.07) is 1.75. The van der Waals surface area contributed by atoms with Crippen LogP contribution in [0.25, 0.3) is 0 Å². The van der Waals surface area contributed by atoms with Crippen molar-refractivity contribution in [2.45, 2.75) is 45.1 Å². The summed E-state index contributed by atoms with van der Waals surface area (Å²) in [5.41, 5.74) is 5.96. The lowest BCUT2D eigenvalue weighted by molar-refractivity contribution is -0.593. The van der Waals surface area contributed by atoms with Crippen LogP contribution in [0.4, 0.5) is 5.82 Å². The summed E-state index contributed by atoms with van der Waals surface area (Å²) < 4.78 is 0.712. The van der Waals surface area contributed by atoms with Gasteiger partial charge in [-0.2, -0.15) is 0 Å². The zero-order chi connectivity index (χ0) is 12.5. The molecule has 0 saturated heterocycles. The molecule has 1 aromatic rings. The van der Waals surface area contributed by atoms with Crippen molar-refractivity contribution in [2.75, 3.05) is 11.9 Å². The highest BCUT2D eigenvalue weighted by molar-refractivity contribution is 5.26. The van der Waals surface area contributed by atoms with Crippen LogP contribution in [-0.2, 0) is 0 Å². The third-order valence-electron chi connectivity index (χ3n) is 2.70. The SMILES string of the molecule is CCCCCCC(N)CNc1ccnc[n+]1[O-]. The van der Waals surface area contributed by atoms with Crippen molar-refractivity contribution >= 4 is 5.82 Å². The topological polar surface area (TPSA) is 77.9 Å². The standard InChI is InChI=1S/C12H22N4O/c1-2-3-4-5-6-11(13)9-15-12-7-8-14-10-16(12)17/h7-8,10-11,15H,2-6,9,13H2,1H3. The van der Waals surface area contributed by atoms with Crippen LogP contribution in [0.2, 0.25) is 0 Å². The van der Waals surface area contributed by atoms with Crippen molar-refractivity contribution in [3.8, 4) is 0 Å². The number of nitrogens with two attached hydrogens (primary N) is 1. The molecule has 0 fully saturated rings. The van der Waals surface area contributed by atoms with E-state index < -0.39 is 0 Å². The van der Waals surface area contributed by atoms with Crippen molar-refractivity contribution in [1.29, 1.82) is 0 Å². The Kier molecular flexibility index (Phi) is 6.32. The molecule has 0 amide bonds. The lowest BCUT2D eigenvalue weighted by atomic mass is 10.1. The van der Waals surface area contributed by atoms with Crippen LogP contribution in [0.15, 0.2) is 18.6 Å². The van der Waals surface area contributed by atoms with Crippen LogP contribution in [0.1, 0.15) is 39.0 Å². The molecular formula is C12H22N4O. The Bertz CT molecular complexity index is 319. The first-order valence-electron chi connectivity index (χ1n) is 6.26. The average Bonchev–Trinajstić information content (AvgIpc) is 2.34. The molecule has 0 bridgehead atoms. The van der Waals surface area contributed by atoms with E-state index in [1.165, 1.54) is 25.6 Å². The number of aromatic nitrogens is 2. The second kappa shape index (κ2) is 7.84. The Morgan fingerprint density at radius 3 is 3.00 bits per heavy atom. The summed E-state index contributed by atoms with van der Waals surface area (Å²) in [5.74, 6) is 0.504. The van der Waals surface area contributed by atoms with Gasteiger partial charge in [0, 0.05) is 12.1 Å². The molecular weight excluding hydrogens is 216 g/mol. The van der Waals surface area contributed by atoms with E-state index in [1.54, 1.807) is 12.3 Å². The van der Waals surface area contributed by atoms with Crippen LogP contribution < -0.4 is 15.8 Å². The zero-order valence-electron chi connectivity index (χ0n) is 10.4. The van der Waals surface area contributed by atoms with E-state index in [4.69, 9.17) is 5.73 Å². The van der Waals surface area contributed by atoms with E-state index in [9.17, 15) is 5.21 Å². The van der Waals surface area contributed by atoms with Crippen LogP contribution in [0, 0.1) is 5.21 Å². The quantitative estimate of drug-likeness (QED) is 0.408. The maximum absolute atomic E-state index is 11.3. The Morgan fingerprint density at radius 2 is 2.29 bits per heavy atom. The maximum Gasteiger partial charge on any atom is 0.225 e. The zero-order valence-corrected chi connectivity index (χ0v) is 10.4. The number of nitrogens with zero attached hydrogens (tertiary/aromatic N) is 2. The Balaban J connectivity index is 2.19. The van der Waals surface area contributed by atoms with E-state index in [2.05, 4.69) is 17.2 Å². The summed E-state index contributed by atoms with van der Waals surface area (Å²) in [7, 11) is 0. The van der Waals surface area contributed by atoms with Gasteiger partial charge in [-0.15, -0.1) is 4.98 Å². The van der Waals surface area contributed by atoms with E-state index in [0.29, 0.717) is 17.1 Å². The molecule has 1 aromatic heterocycles. The number of nitrogens with one attached hydrogen (secondary N) is 1. The van der Waals surface area contributed by atoms with Gasteiger partial charge in [0.2, 0.25) is 12.1 Å². The van der Waals surface area contributed by atoms with Gasteiger partial charge in [-0.1, -0.05) is 32.6 Å². The molecule has 0 aromatic carbocycles. The van der Waals surface area contributed by atoms with Gasteiger partial charge in [-0.3, -0.25) is 4.73 Å². The molecule has 1 atom stereocenters. The molecule has 1 rings (SSSR count). The van der Waals surface area contributed by atoms with Gasteiger partial charge in [-0.25, -0.2) is 0 Å². The van der Waals surface area contributed by atoms with Crippen molar-refractivity contribution in [2.24, 2.45) is 5.73 Å². The van der Waals surface area contributed by atoms with Crippen molar-refractivity contribution in [3.05, 3.63) is 23.8 Å². The highest BCUT2D eigenvalue weighted by Gasteiger charge is 2.06. The summed E-state index contributed by atoms with van der Waals surface area (Å²) in [6.45, 7) is 2.82. The highest BCUT2D eigenvalue weighted by atomic mass is 16.5. The van der Waals surface area contributed by atoms with Crippen molar-refractivity contribution in [3.63, 3.8) is 0 Å². The Labute approximate surface area is 103 Å². The molecule has 96 valence electrons. The molecule has 0 aliphatic rings. The number of hydrogen-bond acceptors (Lipinski definition) is 4. The monoisotopic (exact) mass is 238 g/mol. The lowest BCUT2D eigenvalue weighted by Gasteiger charge is -2.13. The third kappa shape index (κ3) is 5.49. The predicted molar refractivity (Wildman–Crippen MR) is 68.4 cm³/mol. The van der Waals surface area contributed by atoms with Crippen molar-refractivity contribution in [1.82, 2.24) is 4.98 Å². The molecule has 0 aliphatic carbocycles. The molecule has 0 aliphatic heterocycles. The first-order chi connectivity index (χ1) is 8.24. The van der Waals surface area contributed by atoms with Crippen LogP contribution in [-0.4, -0.2) is 17.6 Å². The van der Waals surface area contributed by atoms with Gasteiger partial charge in [0.15, 0.2) is 0 Å². The van der Waals surface area contributed by atoms with Crippen molar-refractivity contribution < 1.29 is 4.73 Å². The Morgan fingerprint density at radius 1 is 1.47 bits per heavy atom. The van der Waals surface area contributed by atoms with Gasteiger partial charge in [0.1, 0.15) is 6.20 Å². The molecule has 0 saturated carbocycles. The second-order valence-electron chi connectivity index (χ2n) is 4.28. The lowest BCUT2D eigenvalue weighted by Crippen LogP contribution is -2.35. The first-order valence-corrected chi connectivity index (χ1v) is 6.26.